The van der Waals surface area contributed by atoms with Gasteiger partial charge in [0, 0.05) is 42.9 Å². The SMILES string of the molecule is O=S(=O)(c1ccc2c(c1)[C@H]1OCCC[C@H]1[C@@H](C1CCCCC1)N2)N1CCCCC1. The highest BCUT2D eigenvalue weighted by atomic mass is 32.2. The Kier molecular flexibility index (Phi) is 5.61. The van der Waals surface area contributed by atoms with Gasteiger partial charge < -0.3 is 10.1 Å². The lowest BCUT2D eigenvalue weighted by atomic mass is 9.71. The Morgan fingerprint density at radius 1 is 0.931 bits per heavy atom. The van der Waals surface area contributed by atoms with Gasteiger partial charge >= 0.3 is 0 Å². The van der Waals surface area contributed by atoms with Gasteiger partial charge in [0.05, 0.1) is 11.0 Å². The summed E-state index contributed by atoms with van der Waals surface area (Å²) in [6.07, 6.45) is 12.0. The summed E-state index contributed by atoms with van der Waals surface area (Å²) in [5.41, 5.74) is 2.14. The molecule has 2 saturated heterocycles. The third-order valence-corrected chi connectivity index (χ3v) is 9.49. The van der Waals surface area contributed by atoms with Crippen molar-refractivity contribution in [2.24, 2.45) is 11.8 Å². The lowest BCUT2D eigenvalue weighted by molar-refractivity contribution is -0.0459. The van der Waals surface area contributed by atoms with E-state index in [0.717, 1.165) is 43.5 Å². The van der Waals surface area contributed by atoms with Gasteiger partial charge in [0.25, 0.3) is 0 Å². The van der Waals surface area contributed by atoms with Crippen LogP contribution in [0.15, 0.2) is 23.1 Å². The molecule has 5 nitrogen and oxygen atoms in total. The second-order valence-corrected chi connectivity index (χ2v) is 11.3. The predicted octanol–water partition coefficient (Wildman–Crippen LogP) is 4.70. The van der Waals surface area contributed by atoms with Gasteiger partial charge in [0.15, 0.2) is 0 Å². The van der Waals surface area contributed by atoms with Gasteiger partial charge in [-0.25, -0.2) is 8.42 Å². The standard InChI is InChI=1S/C23H34N2O3S/c26-29(27,25-13-5-2-6-14-25)18-11-12-21-20(16-18)23-19(10-7-15-28-23)22(24-21)17-8-3-1-4-9-17/h11-12,16-17,19,22-24H,1-10,13-15H2/t19-,22+,23-/m0/s1. The van der Waals surface area contributed by atoms with E-state index in [1.54, 1.807) is 10.4 Å². The molecule has 1 aromatic carbocycles. The molecule has 3 aliphatic heterocycles. The van der Waals surface area contributed by atoms with Crippen LogP contribution >= 0.6 is 0 Å². The lowest BCUT2D eigenvalue weighted by Crippen LogP contribution is -2.46. The average Bonchev–Trinajstić information content (AvgIpc) is 2.79. The number of hydrogen-bond donors (Lipinski definition) is 1. The van der Waals surface area contributed by atoms with E-state index in [0.29, 0.717) is 35.9 Å². The molecular formula is C23H34N2O3S. The number of nitrogens with one attached hydrogen (secondary N) is 1. The van der Waals surface area contributed by atoms with E-state index < -0.39 is 10.0 Å². The largest absolute Gasteiger partial charge is 0.381 e. The molecular weight excluding hydrogens is 384 g/mol. The number of piperidine rings is 1. The Hall–Kier alpha value is -1.11. The molecule has 1 saturated carbocycles. The van der Waals surface area contributed by atoms with Crippen molar-refractivity contribution in [3.8, 4) is 0 Å². The van der Waals surface area contributed by atoms with E-state index in [4.69, 9.17) is 4.74 Å². The van der Waals surface area contributed by atoms with Crippen LogP contribution in [-0.4, -0.2) is 38.5 Å². The number of ether oxygens (including phenoxy) is 1. The van der Waals surface area contributed by atoms with E-state index in [-0.39, 0.29) is 6.10 Å². The van der Waals surface area contributed by atoms with Crippen LogP contribution in [0, 0.1) is 11.8 Å². The zero-order valence-corrected chi connectivity index (χ0v) is 18.1. The fourth-order valence-corrected chi connectivity index (χ4v) is 7.62. The minimum Gasteiger partial charge on any atom is -0.381 e. The maximum atomic E-state index is 13.2. The highest BCUT2D eigenvalue weighted by Crippen LogP contribution is 2.48. The summed E-state index contributed by atoms with van der Waals surface area (Å²) in [5.74, 6) is 1.16. The Balaban J connectivity index is 1.47. The van der Waals surface area contributed by atoms with Gasteiger partial charge in [-0.3, -0.25) is 0 Å². The zero-order valence-electron chi connectivity index (χ0n) is 17.3. The molecule has 1 aromatic rings. The minimum atomic E-state index is -3.42. The van der Waals surface area contributed by atoms with Crippen LogP contribution in [0.25, 0.3) is 0 Å². The fourth-order valence-electron chi connectivity index (χ4n) is 6.06. The molecule has 160 valence electrons. The number of hydrogen-bond acceptors (Lipinski definition) is 4. The monoisotopic (exact) mass is 418 g/mol. The van der Waals surface area contributed by atoms with E-state index in [1.165, 1.54) is 38.5 Å². The Bertz CT molecular complexity index is 829. The number of nitrogens with zero attached hydrogens (tertiary/aromatic N) is 1. The summed E-state index contributed by atoms with van der Waals surface area (Å²) < 4.78 is 34.4. The first-order valence-corrected chi connectivity index (χ1v) is 13.1. The van der Waals surface area contributed by atoms with Crippen LogP contribution in [0.4, 0.5) is 5.69 Å². The summed E-state index contributed by atoms with van der Waals surface area (Å²) in [6.45, 7) is 2.06. The normalized spacial score (nSPS) is 31.5. The molecule has 29 heavy (non-hydrogen) atoms. The minimum absolute atomic E-state index is 0.0310. The molecule has 0 aromatic heterocycles. The van der Waals surface area contributed by atoms with Gasteiger partial charge in [-0.15, -0.1) is 0 Å². The van der Waals surface area contributed by atoms with Gasteiger partial charge in [-0.2, -0.15) is 4.31 Å². The number of fused-ring (bicyclic) bond motifs is 3. The van der Waals surface area contributed by atoms with Crippen LogP contribution in [0.2, 0.25) is 0 Å². The van der Waals surface area contributed by atoms with E-state index in [2.05, 4.69) is 5.32 Å². The highest BCUT2D eigenvalue weighted by molar-refractivity contribution is 7.89. The van der Waals surface area contributed by atoms with Gasteiger partial charge in [0.2, 0.25) is 10.0 Å². The molecule has 0 radical (unpaired) electrons. The van der Waals surface area contributed by atoms with E-state index >= 15 is 0 Å². The molecule has 0 bridgehead atoms. The lowest BCUT2D eigenvalue weighted by Gasteiger charge is -2.47. The molecule has 3 fully saturated rings. The van der Waals surface area contributed by atoms with Crippen molar-refractivity contribution in [3.05, 3.63) is 23.8 Å². The van der Waals surface area contributed by atoms with E-state index in [9.17, 15) is 8.42 Å². The summed E-state index contributed by atoms with van der Waals surface area (Å²) in [4.78, 5) is 0.434. The number of anilines is 1. The molecule has 1 aliphatic carbocycles. The summed E-state index contributed by atoms with van der Waals surface area (Å²) in [5, 5.41) is 3.84. The first-order valence-electron chi connectivity index (χ1n) is 11.7. The van der Waals surface area contributed by atoms with Crippen LogP contribution in [0.3, 0.4) is 0 Å². The smallest absolute Gasteiger partial charge is 0.243 e. The fraction of sp³-hybridized carbons (Fsp3) is 0.739. The highest BCUT2D eigenvalue weighted by Gasteiger charge is 2.43. The predicted molar refractivity (Wildman–Crippen MR) is 114 cm³/mol. The number of sulfonamides is 1. The molecule has 5 rings (SSSR count). The molecule has 0 amide bonds. The first-order chi connectivity index (χ1) is 14.1. The molecule has 1 N–H and O–H groups in total. The molecule has 0 unspecified atom stereocenters. The Morgan fingerprint density at radius 2 is 1.69 bits per heavy atom. The van der Waals surface area contributed by atoms with Crippen molar-refractivity contribution in [2.75, 3.05) is 25.0 Å². The molecule has 3 atom stereocenters. The Morgan fingerprint density at radius 3 is 2.48 bits per heavy atom. The number of rotatable bonds is 3. The topological polar surface area (TPSA) is 58.6 Å². The van der Waals surface area contributed by atoms with E-state index in [1.807, 2.05) is 12.1 Å². The third-order valence-electron chi connectivity index (χ3n) is 7.59. The number of benzene rings is 1. The quantitative estimate of drug-likeness (QED) is 0.773. The molecule has 4 aliphatic rings. The van der Waals surface area contributed by atoms with Crippen LogP contribution in [-0.2, 0) is 14.8 Å². The molecule has 0 spiro atoms. The third kappa shape index (κ3) is 3.72. The zero-order chi connectivity index (χ0) is 19.8. The van der Waals surface area contributed by atoms with Crippen molar-refractivity contribution in [2.45, 2.75) is 81.2 Å². The molecule has 6 heteroatoms. The second kappa shape index (κ2) is 8.20. The van der Waals surface area contributed by atoms with Crippen molar-refractivity contribution in [1.82, 2.24) is 4.31 Å². The van der Waals surface area contributed by atoms with Crippen molar-refractivity contribution in [1.29, 1.82) is 0 Å². The van der Waals surface area contributed by atoms with Crippen molar-refractivity contribution in [3.63, 3.8) is 0 Å². The maximum Gasteiger partial charge on any atom is 0.243 e. The van der Waals surface area contributed by atoms with Crippen LogP contribution < -0.4 is 5.32 Å². The first kappa shape index (κ1) is 19.8. The van der Waals surface area contributed by atoms with Crippen LogP contribution in [0.1, 0.15) is 75.9 Å². The van der Waals surface area contributed by atoms with Gasteiger partial charge in [-0.1, -0.05) is 25.7 Å². The Labute approximate surface area is 175 Å². The van der Waals surface area contributed by atoms with Crippen LogP contribution in [0.5, 0.6) is 0 Å². The average molecular weight is 419 g/mol. The summed E-state index contributed by atoms with van der Waals surface area (Å²) in [6, 6.07) is 6.16. The summed E-state index contributed by atoms with van der Waals surface area (Å²) >= 11 is 0. The summed E-state index contributed by atoms with van der Waals surface area (Å²) in [7, 11) is -3.42. The molecule has 3 heterocycles. The van der Waals surface area contributed by atoms with Gasteiger partial charge in [-0.05, 0) is 62.6 Å². The van der Waals surface area contributed by atoms with Crippen molar-refractivity contribution < 1.29 is 13.2 Å². The second-order valence-electron chi connectivity index (χ2n) is 9.38. The van der Waals surface area contributed by atoms with Gasteiger partial charge in [0.1, 0.15) is 0 Å². The van der Waals surface area contributed by atoms with Crippen molar-refractivity contribution >= 4 is 15.7 Å². The maximum absolute atomic E-state index is 13.2.